The molecule has 2 aromatic rings. The van der Waals surface area contributed by atoms with Crippen molar-refractivity contribution in [3.05, 3.63) is 58.0 Å². The molecular formula is C19H26O2. The van der Waals surface area contributed by atoms with E-state index in [1.165, 1.54) is 11.1 Å². The second-order valence-corrected chi connectivity index (χ2v) is 6.47. The predicted octanol–water partition coefficient (Wildman–Crippen LogP) is 5.22. The Morgan fingerprint density at radius 3 is 2.00 bits per heavy atom. The van der Waals surface area contributed by atoms with Gasteiger partial charge >= 0.3 is 0 Å². The maximum atomic E-state index is 10.8. The summed E-state index contributed by atoms with van der Waals surface area (Å²) >= 11 is 0. The highest BCUT2D eigenvalue weighted by Crippen LogP contribution is 2.34. The first-order valence-electron chi connectivity index (χ1n) is 7.70. The highest BCUT2D eigenvalue weighted by molar-refractivity contribution is 5.41. The summed E-state index contributed by atoms with van der Waals surface area (Å²) in [5.74, 6) is 2.50. The molecule has 0 amide bonds. The molecule has 2 heteroatoms. The van der Waals surface area contributed by atoms with Gasteiger partial charge in [-0.3, -0.25) is 0 Å². The average molecular weight is 286 g/mol. The molecule has 0 radical (unpaired) electrons. The summed E-state index contributed by atoms with van der Waals surface area (Å²) in [6.45, 7) is 12.5. The molecule has 2 rings (SSSR count). The van der Waals surface area contributed by atoms with E-state index in [9.17, 15) is 5.11 Å². The van der Waals surface area contributed by atoms with Gasteiger partial charge in [0.2, 0.25) is 0 Å². The molecule has 0 saturated carbocycles. The van der Waals surface area contributed by atoms with Crippen LogP contribution in [0.15, 0.2) is 28.7 Å². The van der Waals surface area contributed by atoms with Crippen LogP contribution >= 0.6 is 0 Å². The van der Waals surface area contributed by atoms with E-state index in [4.69, 9.17) is 4.42 Å². The first kappa shape index (κ1) is 15.8. The summed E-state index contributed by atoms with van der Waals surface area (Å²) in [4.78, 5) is 0. The van der Waals surface area contributed by atoms with E-state index < -0.39 is 6.10 Å². The van der Waals surface area contributed by atoms with Crippen LogP contribution in [0.25, 0.3) is 0 Å². The van der Waals surface area contributed by atoms with Crippen molar-refractivity contribution in [3.63, 3.8) is 0 Å². The van der Waals surface area contributed by atoms with Gasteiger partial charge < -0.3 is 9.52 Å². The molecule has 1 unspecified atom stereocenters. The van der Waals surface area contributed by atoms with E-state index in [2.05, 4.69) is 45.9 Å². The molecule has 2 nitrogen and oxygen atoms in total. The number of aliphatic hydroxyl groups excluding tert-OH is 1. The molecular weight excluding hydrogens is 260 g/mol. The quantitative estimate of drug-likeness (QED) is 0.835. The topological polar surface area (TPSA) is 33.4 Å². The fourth-order valence-corrected chi connectivity index (χ4v) is 2.79. The van der Waals surface area contributed by atoms with E-state index in [1.54, 1.807) is 0 Å². The molecule has 1 aromatic heterocycles. The summed E-state index contributed by atoms with van der Waals surface area (Å²) in [7, 11) is 0. The zero-order valence-corrected chi connectivity index (χ0v) is 13.9. The number of benzene rings is 1. The van der Waals surface area contributed by atoms with Gasteiger partial charge in [-0.05, 0) is 48.4 Å². The SMILES string of the molecule is Cc1cc(C(O)c2ccc(C(C)C)cc2C(C)C)c(C)o1. The third-order valence-corrected chi connectivity index (χ3v) is 4.07. The molecule has 21 heavy (non-hydrogen) atoms. The van der Waals surface area contributed by atoms with Crippen LogP contribution in [0.1, 0.15) is 79.4 Å². The van der Waals surface area contributed by atoms with Crippen LogP contribution < -0.4 is 0 Å². The Kier molecular flexibility index (Phi) is 4.58. The molecule has 0 saturated heterocycles. The summed E-state index contributed by atoms with van der Waals surface area (Å²) in [6, 6.07) is 8.35. The van der Waals surface area contributed by atoms with Crippen LogP contribution in [0.5, 0.6) is 0 Å². The monoisotopic (exact) mass is 286 g/mol. The Bertz CT molecular complexity index is 620. The molecule has 114 valence electrons. The predicted molar refractivity (Wildman–Crippen MR) is 86.9 cm³/mol. The van der Waals surface area contributed by atoms with Crippen molar-refractivity contribution in [2.45, 2.75) is 59.5 Å². The smallest absolute Gasteiger partial charge is 0.108 e. The fraction of sp³-hybridized carbons (Fsp3) is 0.474. The third-order valence-electron chi connectivity index (χ3n) is 4.07. The van der Waals surface area contributed by atoms with Gasteiger partial charge in [0, 0.05) is 5.56 Å². The zero-order chi connectivity index (χ0) is 15.7. The summed E-state index contributed by atoms with van der Waals surface area (Å²) in [6.07, 6.45) is -0.624. The lowest BCUT2D eigenvalue weighted by molar-refractivity contribution is 0.216. The summed E-state index contributed by atoms with van der Waals surface area (Å²) < 4.78 is 5.56. The number of rotatable bonds is 4. The largest absolute Gasteiger partial charge is 0.466 e. The molecule has 1 atom stereocenters. The molecule has 1 heterocycles. The summed E-state index contributed by atoms with van der Waals surface area (Å²) in [5, 5.41) is 10.8. The minimum atomic E-state index is -0.624. The second-order valence-electron chi connectivity index (χ2n) is 6.47. The lowest BCUT2D eigenvalue weighted by Crippen LogP contribution is -2.06. The van der Waals surface area contributed by atoms with Gasteiger partial charge in [-0.15, -0.1) is 0 Å². The zero-order valence-electron chi connectivity index (χ0n) is 13.9. The Hall–Kier alpha value is -1.54. The minimum Gasteiger partial charge on any atom is -0.466 e. The third kappa shape index (κ3) is 3.21. The van der Waals surface area contributed by atoms with Gasteiger partial charge in [-0.25, -0.2) is 0 Å². The van der Waals surface area contributed by atoms with Gasteiger partial charge in [0.25, 0.3) is 0 Å². The van der Waals surface area contributed by atoms with E-state index in [0.717, 1.165) is 22.6 Å². The number of aliphatic hydroxyl groups is 1. The van der Waals surface area contributed by atoms with E-state index in [1.807, 2.05) is 19.9 Å². The second kappa shape index (κ2) is 6.07. The molecule has 1 aromatic carbocycles. The number of aryl methyl sites for hydroxylation is 2. The van der Waals surface area contributed by atoms with Gasteiger partial charge in [-0.2, -0.15) is 0 Å². The maximum absolute atomic E-state index is 10.8. The summed E-state index contributed by atoms with van der Waals surface area (Å²) in [5.41, 5.74) is 4.38. The van der Waals surface area contributed by atoms with Crippen LogP contribution in [-0.2, 0) is 0 Å². The van der Waals surface area contributed by atoms with Gasteiger partial charge in [-0.1, -0.05) is 45.9 Å². The number of hydrogen-bond acceptors (Lipinski definition) is 2. The molecule has 0 spiro atoms. The molecule has 0 aliphatic heterocycles. The van der Waals surface area contributed by atoms with Crippen LogP contribution in [0.4, 0.5) is 0 Å². The van der Waals surface area contributed by atoms with Crippen molar-refractivity contribution in [2.24, 2.45) is 0 Å². The van der Waals surface area contributed by atoms with E-state index in [-0.39, 0.29) is 0 Å². The van der Waals surface area contributed by atoms with E-state index >= 15 is 0 Å². The molecule has 0 aliphatic rings. The van der Waals surface area contributed by atoms with Crippen molar-refractivity contribution in [3.8, 4) is 0 Å². The molecule has 0 aliphatic carbocycles. The Labute approximate surface area is 127 Å². The Morgan fingerprint density at radius 1 is 0.857 bits per heavy atom. The van der Waals surface area contributed by atoms with Crippen LogP contribution in [0.3, 0.4) is 0 Å². The van der Waals surface area contributed by atoms with Crippen molar-refractivity contribution < 1.29 is 9.52 Å². The van der Waals surface area contributed by atoms with Crippen LogP contribution in [-0.4, -0.2) is 5.11 Å². The first-order valence-corrected chi connectivity index (χ1v) is 7.70. The van der Waals surface area contributed by atoms with Crippen LogP contribution in [0.2, 0.25) is 0 Å². The highest BCUT2D eigenvalue weighted by Gasteiger charge is 2.21. The van der Waals surface area contributed by atoms with Crippen molar-refractivity contribution in [1.29, 1.82) is 0 Å². The highest BCUT2D eigenvalue weighted by atomic mass is 16.3. The number of hydrogen-bond donors (Lipinski definition) is 1. The fourth-order valence-electron chi connectivity index (χ4n) is 2.79. The first-order chi connectivity index (χ1) is 9.81. The Balaban J connectivity index is 2.50. The van der Waals surface area contributed by atoms with E-state index in [0.29, 0.717) is 11.8 Å². The Morgan fingerprint density at radius 2 is 1.52 bits per heavy atom. The van der Waals surface area contributed by atoms with Crippen molar-refractivity contribution in [1.82, 2.24) is 0 Å². The van der Waals surface area contributed by atoms with Crippen molar-refractivity contribution >= 4 is 0 Å². The normalized spacial score (nSPS) is 13.2. The molecule has 1 N–H and O–H groups in total. The van der Waals surface area contributed by atoms with Crippen LogP contribution in [0, 0.1) is 13.8 Å². The van der Waals surface area contributed by atoms with Gasteiger partial charge in [0.05, 0.1) is 0 Å². The molecule has 0 fully saturated rings. The minimum absolute atomic E-state index is 0.377. The van der Waals surface area contributed by atoms with Gasteiger partial charge in [0.15, 0.2) is 0 Å². The molecule has 0 bridgehead atoms. The number of furan rings is 1. The lowest BCUT2D eigenvalue weighted by atomic mass is 9.87. The average Bonchev–Trinajstić information content (AvgIpc) is 2.76. The lowest BCUT2D eigenvalue weighted by Gasteiger charge is -2.20. The standard InChI is InChI=1S/C19H26O2/c1-11(2)15-7-8-16(17(10-15)12(3)4)19(20)18-9-13(5)21-14(18)6/h7-12,19-20H,1-6H3. The van der Waals surface area contributed by atoms with Crippen molar-refractivity contribution in [2.75, 3.05) is 0 Å². The van der Waals surface area contributed by atoms with Gasteiger partial charge in [0.1, 0.15) is 17.6 Å². The maximum Gasteiger partial charge on any atom is 0.108 e.